The standard InChI is InChI=1S/C13H17BrFNO2S/c1-9(10-4-2-3-5-10)16-19(17,18)11-6-7-12(14)13(15)8-11/h6-10,16H,2-5H2,1H3. The minimum absolute atomic E-state index is 0.0296. The summed E-state index contributed by atoms with van der Waals surface area (Å²) >= 11 is 3.01. The van der Waals surface area contributed by atoms with Crippen LogP contribution in [-0.2, 0) is 10.0 Å². The Morgan fingerprint density at radius 1 is 1.37 bits per heavy atom. The van der Waals surface area contributed by atoms with E-state index in [9.17, 15) is 12.8 Å². The van der Waals surface area contributed by atoms with E-state index >= 15 is 0 Å². The van der Waals surface area contributed by atoms with Gasteiger partial charge in [-0.3, -0.25) is 0 Å². The SMILES string of the molecule is CC(NS(=O)(=O)c1ccc(Br)c(F)c1)C1CCCC1. The highest BCUT2D eigenvalue weighted by molar-refractivity contribution is 9.10. The fourth-order valence-electron chi connectivity index (χ4n) is 2.51. The minimum atomic E-state index is -3.65. The summed E-state index contributed by atoms with van der Waals surface area (Å²) in [4.78, 5) is -0.0296. The summed E-state index contributed by atoms with van der Waals surface area (Å²) in [5, 5.41) is 0. The van der Waals surface area contributed by atoms with Gasteiger partial charge >= 0.3 is 0 Å². The van der Waals surface area contributed by atoms with Crippen molar-refractivity contribution in [2.24, 2.45) is 5.92 Å². The number of hydrogen-bond acceptors (Lipinski definition) is 2. The van der Waals surface area contributed by atoms with Crippen LogP contribution >= 0.6 is 15.9 Å². The molecule has 1 fully saturated rings. The van der Waals surface area contributed by atoms with Crippen LogP contribution < -0.4 is 4.72 Å². The van der Waals surface area contributed by atoms with Crippen molar-refractivity contribution in [2.75, 3.05) is 0 Å². The number of sulfonamides is 1. The van der Waals surface area contributed by atoms with Gasteiger partial charge in [0, 0.05) is 6.04 Å². The molecule has 1 aliphatic carbocycles. The zero-order chi connectivity index (χ0) is 14.0. The van der Waals surface area contributed by atoms with Gasteiger partial charge in [0.15, 0.2) is 0 Å². The minimum Gasteiger partial charge on any atom is -0.208 e. The molecular formula is C13H17BrFNO2S. The predicted octanol–water partition coefficient (Wildman–Crippen LogP) is 3.45. The molecule has 1 saturated carbocycles. The molecule has 0 saturated heterocycles. The van der Waals surface area contributed by atoms with Crippen molar-refractivity contribution in [3.05, 3.63) is 28.5 Å². The van der Waals surface area contributed by atoms with Gasteiger partial charge in [0.25, 0.3) is 0 Å². The topological polar surface area (TPSA) is 46.2 Å². The van der Waals surface area contributed by atoms with Crippen LogP contribution in [0.25, 0.3) is 0 Å². The van der Waals surface area contributed by atoms with Crippen LogP contribution in [0.15, 0.2) is 27.6 Å². The van der Waals surface area contributed by atoms with E-state index in [1.165, 1.54) is 12.1 Å². The molecule has 1 unspecified atom stereocenters. The average molecular weight is 350 g/mol. The van der Waals surface area contributed by atoms with Crippen molar-refractivity contribution < 1.29 is 12.8 Å². The third-order valence-corrected chi connectivity index (χ3v) is 5.85. The summed E-state index contributed by atoms with van der Waals surface area (Å²) in [6, 6.07) is 3.73. The summed E-state index contributed by atoms with van der Waals surface area (Å²) < 4.78 is 40.7. The predicted molar refractivity (Wildman–Crippen MR) is 75.8 cm³/mol. The number of hydrogen-bond donors (Lipinski definition) is 1. The van der Waals surface area contributed by atoms with Crippen molar-refractivity contribution in [3.8, 4) is 0 Å². The van der Waals surface area contributed by atoms with Crippen molar-refractivity contribution in [3.63, 3.8) is 0 Å². The number of halogens is 2. The van der Waals surface area contributed by atoms with Gasteiger partial charge in [-0.25, -0.2) is 17.5 Å². The van der Waals surface area contributed by atoms with E-state index in [1.807, 2.05) is 6.92 Å². The van der Waals surface area contributed by atoms with E-state index in [4.69, 9.17) is 0 Å². The van der Waals surface area contributed by atoms with Crippen LogP contribution in [0.2, 0.25) is 0 Å². The van der Waals surface area contributed by atoms with Crippen molar-refractivity contribution in [1.29, 1.82) is 0 Å². The Hall–Kier alpha value is -0.460. The van der Waals surface area contributed by atoms with Crippen LogP contribution in [0.1, 0.15) is 32.6 Å². The summed E-state index contributed by atoms with van der Waals surface area (Å²) in [7, 11) is -3.65. The van der Waals surface area contributed by atoms with Gasteiger partial charge in [0.2, 0.25) is 10.0 Å². The Bertz CT molecular complexity index is 556. The summed E-state index contributed by atoms with van der Waals surface area (Å²) in [5.41, 5.74) is 0. The molecule has 6 heteroatoms. The smallest absolute Gasteiger partial charge is 0.208 e. The molecule has 0 bridgehead atoms. The Morgan fingerprint density at radius 2 is 2.00 bits per heavy atom. The Balaban J connectivity index is 2.15. The van der Waals surface area contributed by atoms with Gasteiger partial charge in [-0.05, 0) is 59.8 Å². The summed E-state index contributed by atoms with van der Waals surface area (Å²) in [6.45, 7) is 1.88. The lowest BCUT2D eigenvalue weighted by atomic mass is 10.0. The fourth-order valence-corrected chi connectivity index (χ4v) is 4.08. The second-order valence-corrected chi connectivity index (χ2v) is 7.60. The van der Waals surface area contributed by atoms with Crippen LogP contribution in [0, 0.1) is 11.7 Å². The lowest BCUT2D eigenvalue weighted by Crippen LogP contribution is -2.37. The first-order valence-electron chi connectivity index (χ1n) is 6.37. The lowest BCUT2D eigenvalue weighted by Gasteiger charge is -2.20. The molecule has 0 heterocycles. The highest BCUT2D eigenvalue weighted by Gasteiger charge is 2.26. The highest BCUT2D eigenvalue weighted by Crippen LogP contribution is 2.28. The quantitative estimate of drug-likeness (QED) is 0.904. The largest absolute Gasteiger partial charge is 0.240 e. The first-order chi connectivity index (χ1) is 8.90. The average Bonchev–Trinajstić information content (AvgIpc) is 2.85. The van der Waals surface area contributed by atoms with Crippen molar-refractivity contribution in [2.45, 2.75) is 43.5 Å². The number of rotatable bonds is 4. The first-order valence-corrected chi connectivity index (χ1v) is 8.65. The van der Waals surface area contributed by atoms with Crippen LogP contribution in [0.5, 0.6) is 0 Å². The molecule has 1 aliphatic rings. The van der Waals surface area contributed by atoms with E-state index in [0.717, 1.165) is 31.7 Å². The molecule has 0 amide bonds. The summed E-state index contributed by atoms with van der Waals surface area (Å²) in [6.07, 6.45) is 4.42. The molecule has 3 nitrogen and oxygen atoms in total. The molecule has 19 heavy (non-hydrogen) atoms. The zero-order valence-electron chi connectivity index (χ0n) is 10.7. The molecule has 2 rings (SSSR count). The Morgan fingerprint density at radius 3 is 2.58 bits per heavy atom. The number of nitrogens with one attached hydrogen (secondary N) is 1. The first kappa shape index (κ1) is 14.9. The van der Waals surface area contributed by atoms with Crippen molar-refractivity contribution >= 4 is 26.0 Å². The fraction of sp³-hybridized carbons (Fsp3) is 0.538. The van der Waals surface area contributed by atoms with Gasteiger partial charge in [0.05, 0.1) is 9.37 Å². The van der Waals surface area contributed by atoms with Crippen molar-refractivity contribution in [1.82, 2.24) is 4.72 Å². The van der Waals surface area contributed by atoms with Crippen LogP contribution in [-0.4, -0.2) is 14.5 Å². The molecular weight excluding hydrogens is 333 g/mol. The molecule has 1 N–H and O–H groups in total. The third kappa shape index (κ3) is 3.55. The molecule has 0 radical (unpaired) electrons. The van der Waals surface area contributed by atoms with E-state index in [1.54, 1.807) is 0 Å². The molecule has 1 aromatic rings. The summed E-state index contributed by atoms with van der Waals surface area (Å²) in [5.74, 6) is -0.188. The Labute approximate surface area is 121 Å². The molecule has 106 valence electrons. The zero-order valence-corrected chi connectivity index (χ0v) is 13.1. The highest BCUT2D eigenvalue weighted by atomic mass is 79.9. The van der Waals surface area contributed by atoms with Gasteiger partial charge in [0.1, 0.15) is 5.82 Å². The van der Waals surface area contributed by atoms with E-state index in [0.29, 0.717) is 5.92 Å². The molecule has 0 aromatic heterocycles. The third-order valence-electron chi connectivity index (χ3n) is 3.65. The molecule has 1 aromatic carbocycles. The van der Waals surface area contributed by atoms with Gasteiger partial charge in [-0.2, -0.15) is 0 Å². The second kappa shape index (κ2) is 5.89. The Kier molecular flexibility index (Phi) is 4.63. The van der Waals surface area contributed by atoms with Crippen LogP contribution in [0.4, 0.5) is 4.39 Å². The van der Waals surface area contributed by atoms with E-state index < -0.39 is 15.8 Å². The molecule has 0 aliphatic heterocycles. The number of benzene rings is 1. The maximum atomic E-state index is 13.4. The van der Waals surface area contributed by atoms with Gasteiger partial charge in [-0.15, -0.1) is 0 Å². The maximum absolute atomic E-state index is 13.4. The van der Waals surface area contributed by atoms with Gasteiger partial charge in [-0.1, -0.05) is 12.8 Å². The normalized spacial score (nSPS) is 18.7. The van der Waals surface area contributed by atoms with Gasteiger partial charge < -0.3 is 0 Å². The molecule has 1 atom stereocenters. The van der Waals surface area contributed by atoms with Crippen LogP contribution in [0.3, 0.4) is 0 Å². The van der Waals surface area contributed by atoms with E-state index in [2.05, 4.69) is 20.7 Å². The second-order valence-electron chi connectivity index (χ2n) is 5.03. The molecule has 0 spiro atoms. The lowest BCUT2D eigenvalue weighted by molar-refractivity contribution is 0.424. The maximum Gasteiger partial charge on any atom is 0.240 e. The monoisotopic (exact) mass is 349 g/mol. The van der Waals surface area contributed by atoms with E-state index in [-0.39, 0.29) is 15.4 Å².